The van der Waals surface area contributed by atoms with Crippen LogP contribution in [0.4, 0.5) is 0 Å². The zero-order valence-electron chi connectivity index (χ0n) is 16.1. The molecule has 148 valence electrons. The quantitative estimate of drug-likeness (QED) is 0.620. The lowest BCUT2D eigenvalue weighted by molar-refractivity contribution is -0.126. The van der Waals surface area contributed by atoms with E-state index in [0.29, 0.717) is 19.4 Å². The molecule has 2 aromatic carbocycles. The maximum Gasteiger partial charge on any atom is 0.244 e. The van der Waals surface area contributed by atoms with Gasteiger partial charge in [-0.25, -0.2) is 13.8 Å². The fourth-order valence-corrected chi connectivity index (χ4v) is 4.67. The second-order valence-corrected chi connectivity index (χ2v) is 9.10. The summed E-state index contributed by atoms with van der Waals surface area (Å²) >= 11 is 0. The van der Waals surface area contributed by atoms with Gasteiger partial charge in [0.15, 0.2) is 0 Å². The van der Waals surface area contributed by atoms with E-state index < -0.39 is 15.9 Å². The molecule has 6 nitrogen and oxygen atoms in total. The van der Waals surface area contributed by atoms with Crippen molar-refractivity contribution in [1.82, 2.24) is 9.73 Å². The summed E-state index contributed by atoms with van der Waals surface area (Å²) in [5.41, 5.74) is 5.58. The zero-order chi connectivity index (χ0) is 20.1. The molecule has 28 heavy (non-hydrogen) atoms. The van der Waals surface area contributed by atoms with Crippen molar-refractivity contribution in [2.75, 3.05) is 13.1 Å². The normalized spacial score (nSPS) is 18.3. The summed E-state index contributed by atoms with van der Waals surface area (Å²) in [6.07, 6.45) is 2.87. The van der Waals surface area contributed by atoms with Crippen molar-refractivity contribution in [3.63, 3.8) is 0 Å². The largest absolute Gasteiger partial charge is 0.273 e. The molecule has 1 aliphatic heterocycles. The monoisotopic (exact) mass is 399 g/mol. The van der Waals surface area contributed by atoms with Crippen LogP contribution in [0.2, 0.25) is 0 Å². The first kappa shape index (κ1) is 20.2. The van der Waals surface area contributed by atoms with E-state index in [9.17, 15) is 13.2 Å². The van der Waals surface area contributed by atoms with Crippen LogP contribution in [0, 0.1) is 19.8 Å². The molecule has 1 aliphatic rings. The lowest BCUT2D eigenvalue weighted by Gasteiger charge is -2.30. The number of hydrogen-bond donors (Lipinski definition) is 1. The van der Waals surface area contributed by atoms with Gasteiger partial charge in [-0.05, 0) is 44.4 Å². The Morgan fingerprint density at radius 2 is 1.68 bits per heavy atom. The third-order valence-electron chi connectivity index (χ3n) is 4.88. The zero-order valence-corrected chi connectivity index (χ0v) is 16.9. The van der Waals surface area contributed by atoms with E-state index in [2.05, 4.69) is 10.5 Å². The topological polar surface area (TPSA) is 78.8 Å². The molecule has 1 heterocycles. The molecule has 0 bridgehead atoms. The van der Waals surface area contributed by atoms with Crippen LogP contribution in [-0.4, -0.2) is 37.9 Å². The predicted molar refractivity (Wildman–Crippen MR) is 110 cm³/mol. The van der Waals surface area contributed by atoms with Gasteiger partial charge < -0.3 is 0 Å². The van der Waals surface area contributed by atoms with Gasteiger partial charge in [-0.3, -0.25) is 4.79 Å². The maximum absolute atomic E-state index is 12.9. The number of nitrogens with zero attached hydrogens (tertiary/aromatic N) is 2. The van der Waals surface area contributed by atoms with E-state index in [1.54, 1.807) is 30.5 Å². The number of rotatable bonds is 5. The molecule has 2 aromatic rings. The molecule has 1 atom stereocenters. The summed E-state index contributed by atoms with van der Waals surface area (Å²) in [6, 6.07) is 14.6. The number of sulfonamides is 1. The summed E-state index contributed by atoms with van der Waals surface area (Å²) in [6.45, 7) is 4.51. The summed E-state index contributed by atoms with van der Waals surface area (Å²) < 4.78 is 27.1. The first-order valence-corrected chi connectivity index (χ1v) is 10.8. The SMILES string of the molecule is Cc1ccc(/C=N\NC(=O)[C@H]2CCCN(S(=O)(=O)c3ccc(C)cc3)C2)cc1. The average Bonchev–Trinajstić information content (AvgIpc) is 2.70. The van der Waals surface area contributed by atoms with Gasteiger partial charge in [0, 0.05) is 13.1 Å². The van der Waals surface area contributed by atoms with Crippen LogP contribution >= 0.6 is 0 Å². The van der Waals surface area contributed by atoms with Crippen molar-refractivity contribution >= 4 is 22.1 Å². The number of benzene rings is 2. The number of nitrogens with one attached hydrogen (secondary N) is 1. The van der Waals surface area contributed by atoms with Gasteiger partial charge in [-0.1, -0.05) is 47.5 Å². The molecule has 3 rings (SSSR count). The number of piperidine rings is 1. The van der Waals surface area contributed by atoms with Crippen molar-refractivity contribution in [2.45, 2.75) is 31.6 Å². The fourth-order valence-electron chi connectivity index (χ4n) is 3.15. The molecule has 0 spiro atoms. The van der Waals surface area contributed by atoms with Crippen molar-refractivity contribution in [2.24, 2.45) is 11.0 Å². The molecular formula is C21H25N3O3S. The van der Waals surface area contributed by atoms with Crippen molar-refractivity contribution in [3.05, 3.63) is 65.2 Å². The molecule has 1 fully saturated rings. The highest BCUT2D eigenvalue weighted by Gasteiger charge is 2.33. The minimum Gasteiger partial charge on any atom is -0.273 e. The molecular weight excluding hydrogens is 374 g/mol. The van der Waals surface area contributed by atoms with Crippen molar-refractivity contribution < 1.29 is 13.2 Å². The molecule has 0 aromatic heterocycles. The van der Waals surface area contributed by atoms with Crippen LogP contribution in [0.25, 0.3) is 0 Å². The van der Waals surface area contributed by atoms with E-state index >= 15 is 0 Å². The van der Waals surface area contributed by atoms with Crippen LogP contribution in [0.5, 0.6) is 0 Å². The summed E-state index contributed by atoms with van der Waals surface area (Å²) in [7, 11) is -3.60. The smallest absolute Gasteiger partial charge is 0.244 e. The number of aryl methyl sites for hydroxylation is 2. The second kappa shape index (κ2) is 8.67. The highest BCUT2D eigenvalue weighted by molar-refractivity contribution is 7.89. The Labute approximate surface area is 166 Å². The van der Waals surface area contributed by atoms with Gasteiger partial charge in [-0.2, -0.15) is 9.41 Å². The van der Waals surface area contributed by atoms with Crippen molar-refractivity contribution in [1.29, 1.82) is 0 Å². The Kier molecular flexibility index (Phi) is 6.26. The molecule has 0 unspecified atom stereocenters. The molecule has 0 radical (unpaired) electrons. The Balaban J connectivity index is 1.63. The Morgan fingerprint density at radius 1 is 1.07 bits per heavy atom. The summed E-state index contributed by atoms with van der Waals surface area (Å²) in [5, 5.41) is 4.01. The van der Waals surface area contributed by atoms with E-state index in [0.717, 1.165) is 16.7 Å². The van der Waals surface area contributed by atoms with E-state index in [4.69, 9.17) is 0 Å². The van der Waals surface area contributed by atoms with Crippen LogP contribution in [0.15, 0.2) is 58.5 Å². The van der Waals surface area contributed by atoms with Gasteiger partial charge in [0.05, 0.1) is 17.0 Å². The number of hydrogen-bond acceptors (Lipinski definition) is 4. The highest BCUT2D eigenvalue weighted by atomic mass is 32.2. The molecule has 7 heteroatoms. The second-order valence-electron chi connectivity index (χ2n) is 7.16. The van der Waals surface area contributed by atoms with E-state index in [1.165, 1.54) is 4.31 Å². The Hall–Kier alpha value is -2.51. The first-order valence-electron chi connectivity index (χ1n) is 9.32. The maximum atomic E-state index is 12.9. The van der Waals surface area contributed by atoms with Crippen LogP contribution in [-0.2, 0) is 14.8 Å². The standard InChI is InChI=1S/C21H25N3O3S/c1-16-5-9-18(10-6-16)14-22-23-21(25)19-4-3-13-24(15-19)28(26,27)20-11-7-17(2)8-12-20/h5-12,14,19H,3-4,13,15H2,1-2H3,(H,23,25)/b22-14-/t19-/m0/s1. The van der Waals surface area contributed by atoms with Gasteiger partial charge >= 0.3 is 0 Å². The van der Waals surface area contributed by atoms with Crippen molar-refractivity contribution in [3.8, 4) is 0 Å². The lowest BCUT2D eigenvalue weighted by atomic mass is 9.99. The fraction of sp³-hybridized carbons (Fsp3) is 0.333. The average molecular weight is 400 g/mol. The molecule has 1 N–H and O–H groups in total. The first-order chi connectivity index (χ1) is 13.4. The molecule has 1 amide bonds. The van der Waals surface area contributed by atoms with Gasteiger partial charge in [0.1, 0.15) is 0 Å². The number of carbonyl (C=O) groups excluding carboxylic acids is 1. The summed E-state index contributed by atoms with van der Waals surface area (Å²) in [4.78, 5) is 12.7. The Bertz CT molecular complexity index is 951. The minimum atomic E-state index is -3.60. The van der Waals surface area contributed by atoms with Crippen LogP contribution in [0.1, 0.15) is 29.5 Å². The predicted octanol–water partition coefficient (Wildman–Crippen LogP) is 2.85. The van der Waals surface area contributed by atoms with E-state index in [1.807, 2.05) is 38.1 Å². The highest BCUT2D eigenvalue weighted by Crippen LogP contribution is 2.24. The van der Waals surface area contributed by atoms with Crippen LogP contribution in [0.3, 0.4) is 0 Å². The van der Waals surface area contributed by atoms with Crippen LogP contribution < -0.4 is 5.43 Å². The lowest BCUT2D eigenvalue weighted by Crippen LogP contribution is -2.44. The van der Waals surface area contributed by atoms with Gasteiger partial charge in [0.25, 0.3) is 0 Å². The Morgan fingerprint density at radius 3 is 2.32 bits per heavy atom. The molecule has 1 saturated heterocycles. The summed E-state index contributed by atoms with van der Waals surface area (Å²) in [5.74, 6) is -0.670. The van der Waals surface area contributed by atoms with Gasteiger partial charge in [-0.15, -0.1) is 0 Å². The number of carbonyl (C=O) groups is 1. The minimum absolute atomic E-state index is 0.169. The van der Waals surface area contributed by atoms with E-state index in [-0.39, 0.29) is 17.3 Å². The third kappa shape index (κ3) is 4.85. The molecule has 0 aliphatic carbocycles. The molecule has 0 saturated carbocycles. The number of amides is 1. The third-order valence-corrected chi connectivity index (χ3v) is 6.76. The van der Waals surface area contributed by atoms with Gasteiger partial charge in [0.2, 0.25) is 15.9 Å². The number of hydrazone groups is 1.